The van der Waals surface area contributed by atoms with E-state index in [1.165, 1.54) is 23.1 Å². The van der Waals surface area contributed by atoms with Crippen molar-refractivity contribution in [1.29, 1.82) is 0 Å². The Morgan fingerprint density at radius 1 is 1.06 bits per heavy atom. The van der Waals surface area contributed by atoms with Crippen LogP contribution in [0.5, 0.6) is 5.88 Å². The Labute approximate surface area is 192 Å². The molecule has 1 aromatic heterocycles. The number of alkyl halides is 3. The molecular weight excluding hydrogens is 462 g/mol. The van der Waals surface area contributed by atoms with Gasteiger partial charge in [-0.2, -0.15) is 22.5 Å². The number of amides is 2. The smallest absolute Gasteiger partial charge is 0.422 e. The van der Waals surface area contributed by atoms with Gasteiger partial charge in [-0.15, -0.1) is 0 Å². The number of likely N-dealkylation sites (tertiary alicyclic amines) is 1. The maximum absolute atomic E-state index is 13.4. The van der Waals surface area contributed by atoms with Crippen LogP contribution in [0.1, 0.15) is 18.4 Å². The van der Waals surface area contributed by atoms with E-state index in [-0.39, 0.29) is 12.1 Å². The molecule has 2 heterocycles. The van der Waals surface area contributed by atoms with Gasteiger partial charge in [-0.1, -0.05) is 24.3 Å². The van der Waals surface area contributed by atoms with Crippen LogP contribution in [0, 0.1) is 5.95 Å². The highest BCUT2D eigenvalue weighted by Gasteiger charge is 2.34. The van der Waals surface area contributed by atoms with E-state index in [0.717, 1.165) is 18.9 Å². The zero-order valence-electron chi connectivity index (χ0n) is 17.9. The van der Waals surface area contributed by atoms with Crippen molar-refractivity contribution in [1.82, 2.24) is 15.2 Å². The van der Waals surface area contributed by atoms with Gasteiger partial charge in [0.1, 0.15) is 0 Å². The highest BCUT2D eigenvalue weighted by molar-refractivity contribution is 5.90. The van der Waals surface area contributed by atoms with Gasteiger partial charge in [-0.05, 0) is 36.1 Å². The summed E-state index contributed by atoms with van der Waals surface area (Å²) in [5.74, 6) is -3.15. The van der Waals surface area contributed by atoms with Crippen molar-refractivity contribution in [2.45, 2.75) is 37.8 Å². The molecule has 1 aliphatic rings. The third-order valence-corrected chi connectivity index (χ3v) is 5.17. The zero-order valence-corrected chi connectivity index (χ0v) is 17.9. The largest absolute Gasteiger partial charge is 0.468 e. The van der Waals surface area contributed by atoms with Crippen molar-refractivity contribution in [2.24, 2.45) is 0 Å². The first kappa shape index (κ1) is 25.4. The molecule has 34 heavy (non-hydrogen) atoms. The second-order valence-electron chi connectivity index (χ2n) is 7.73. The van der Waals surface area contributed by atoms with E-state index >= 15 is 0 Å². The number of rotatable bonds is 8. The standard InChI is InChI=1S/C22H23F4N3O5/c23-16-8-7-15(20(28-16)34-12-22(24,25)26)14-5-3-13(4-6-14)11-27-19(32)17(30)18(31)21(33)29-9-1-2-10-29/h3-8,17-18,30-31H,1-2,9-12H2,(H,27,32)/t17-,18-/m1/s1. The van der Waals surface area contributed by atoms with E-state index in [0.29, 0.717) is 24.2 Å². The number of nitrogens with zero attached hydrogens (tertiary/aromatic N) is 2. The van der Waals surface area contributed by atoms with Crippen LogP contribution >= 0.6 is 0 Å². The van der Waals surface area contributed by atoms with Gasteiger partial charge in [0, 0.05) is 25.2 Å². The van der Waals surface area contributed by atoms with Gasteiger partial charge >= 0.3 is 6.18 Å². The number of hydrogen-bond donors (Lipinski definition) is 3. The Hall–Kier alpha value is -3.25. The van der Waals surface area contributed by atoms with Gasteiger partial charge in [0.25, 0.3) is 11.8 Å². The summed E-state index contributed by atoms with van der Waals surface area (Å²) in [5, 5.41) is 22.4. The minimum Gasteiger partial charge on any atom is -0.468 e. The number of benzene rings is 1. The molecule has 0 radical (unpaired) electrons. The monoisotopic (exact) mass is 485 g/mol. The number of pyridine rings is 1. The first-order valence-electron chi connectivity index (χ1n) is 10.4. The maximum Gasteiger partial charge on any atom is 0.422 e. The Bertz CT molecular complexity index is 1010. The molecule has 0 spiro atoms. The summed E-state index contributed by atoms with van der Waals surface area (Å²) >= 11 is 0. The lowest BCUT2D eigenvalue weighted by Gasteiger charge is -2.22. The second kappa shape index (κ2) is 10.8. The van der Waals surface area contributed by atoms with Gasteiger partial charge in [0.15, 0.2) is 18.8 Å². The van der Waals surface area contributed by atoms with Crippen molar-refractivity contribution in [2.75, 3.05) is 19.7 Å². The van der Waals surface area contributed by atoms with Gasteiger partial charge in [-0.25, -0.2) is 0 Å². The summed E-state index contributed by atoms with van der Waals surface area (Å²) in [5.41, 5.74) is 1.09. The number of aromatic nitrogens is 1. The molecule has 3 N–H and O–H groups in total. The second-order valence-corrected chi connectivity index (χ2v) is 7.73. The fourth-order valence-electron chi connectivity index (χ4n) is 3.40. The fourth-order valence-corrected chi connectivity index (χ4v) is 3.40. The molecule has 2 aromatic rings. The lowest BCUT2D eigenvalue weighted by atomic mass is 10.0. The number of aliphatic hydroxyl groups excluding tert-OH is 2. The van der Waals surface area contributed by atoms with Gasteiger partial charge in [0.2, 0.25) is 11.8 Å². The lowest BCUT2D eigenvalue weighted by Crippen LogP contribution is -2.50. The zero-order chi connectivity index (χ0) is 24.9. The summed E-state index contributed by atoms with van der Waals surface area (Å²) < 4.78 is 55.5. The summed E-state index contributed by atoms with van der Waals surface area (Å²) in [6.07, 6.45) is -6.85. The summed E-state index contributed by atoms with van der Waals surface area (Å²) in [6.45, 7) is -0.763. The number of ether oxygens (including phenoxy) is 1. The Kier molecular flexibility index (Phi) is 8.05. The van der Waals surface area contributed by atoms with E-state index in [9.17, 15) is 37.4 Å². The number of carbonyl (C=O) groups is 2. The number of halogens is 4. The summed E-state index contributed by atoms with van der Waals surface area (Å²) in [7, 11) is 0. The molecule has 0 aliphatic carbocycles. The van der Waals surface area contributed by atoms with Crippen molar-refractivity contribution >= 4 is 11.8 Å². The van der Waals surface area contributed by atoms with Crippen LogP contribution in [0.15, 0.2) is 36.4 Å². The Balaban J connectivity index is 1.61. The topological polar surface area (TPSA) is 112 Å². The molecule has 3 rings (SSSR count). The van der Waals surface area contributed by atoms with Gasteiger partial charge in [-0.3, -0.25) is 9.59 Å². The van der Waals surface area contributed by atoms with Crippen molar-refractivity contribution in [3.05, 3.63) is 47.9 Å². The van der Waals surface area contributed by atoms with E-state index in [2.05, 4.69) is 15.0 Å². The van der Waals surface area contributed by atoms with E-state index < -0.39 is 48.6 Å². The first-order chi connectivity index (χ1) is 16.0. The molecule has 184 valence electrons. The molecule has 2 amide bonds. The van der Waals surface area contributed by atoms with Crippen LogP contribution in [-0.2, 0) is 16.1 Å². The lowest BCUT2D eigenvalue weighted by molar-refractivity contribution is -0.154. The minimum absolute atomic E-state index is 0.0557. The van der Waals surface area contributed by atoms with Gasteiger partial charge < -0.3 is 25.2 Å². The highest BCUT2D eigenvalue weighted by Crippen LogP contribution is 2.30. The molecule has 1 aliphatic heterocycles. The Morgan fingerprint density at radius 2 is 1.71 bits per heavy atom. The molecule has 8 nitrogen and oxygen atoms in total. The minimum atomic E-state index is -4.62. The van der Waals surface area contributed by atoms with Crippen LogP contribution in [0.3, 0.4) is 0 Å². The Morgan fingerprint density at radius 3 is 2.32 bits per heavy atom. The molecule has 0 unspecified atom stereocenters. The fraction of sp³-hybridized carbons (Fsp3) is 0.409. The van der Waals surface area contributed by atoms with Crippen LogP contribution in [0.4, 0.5) is 17.6 Å². The third kappa shape index (κ3) is 6.64. The maximum atomic E-state index is 13.4. The molecule has 1 aromatic carbocycles. The molecule has 1 saturated heterocycles. The predicted octanol–water partition coefficient (Wildman–Crippen LogP) is 1.79. The summed E-state index contributed by atoms with van der Waals surface area (Å²) in [6, 6.07) is 8.34. The number of aliphatic hydroxyl groups is 2. The molecular formula is C22H23F4N3O5. The molecule has 0 bridgehead atoms. The van der Waals surface area contributed by atoms with Crippen molar-refractivity contribution < 1.29 is 42.1 Å². The highest BCUT2D eigenvalue weighted by atomic mass is 19.4. The molecule has 0 saturated carbocycles. The molecule has 2 atom stereocenters. The number of nitrogens with one attached hydrogen (secondary N) is 1. The van der Waals surface area contributed by atoms with Crippen LogP contribution in [-0.4, -0.2) is 70.0 Å². The van der Waals surface area contributed by atoms with E-state index in [1.54, 1.807) is 12.1 Å². The number of carbonyl (C=O) groups excluding carboxylic acids is 2. The van der Waals surface area contributed by atoms with E-state index in [4.69, 9.17) is 0 Å². The first-order valence-corrected chi connectivity index (χ1v) is 10.4. The molecule has 12 heteroatoms. The van der Waals surface area contributed by atoms with Crippen molar-refractivity contribution in [3.63, 3.8) is 0 Å². The van der Waals surface area contributed by atoms with E-state index in [1.807, 2.05) is 0 Å². The molecule has 1 fully saturated rings. The average molecular weight is 485 g/mol. The number of hydrogen-bond acceptors (Lipinski definition) is 6. The van der Waals surface area contributed by atoms with Crippen LogP contribution < -0.4 is 10.1 Å². The average Bonchev–Trinajstić information content (AvgIpc) is 3.35. The van der Waals surface area contributed by atoms with Gasteiger partial charge in [0.05, 0.1) is 0 Å². The SMILES string of the molecule is O=C(NCc1ccc(-c2ccc(F)nc2OCC(F)(F)F)cc1)[C@H](O)[C@@H](O)C(=O)N1CCCC1. The summed E-state index contributed by atoms with van der Waals surface area (Å²) in [4.78, 5) is 29.0. The van der Waals surface area contributed by atoms with Crippen LogP contribution in [0.2, 0.25) is 0 Å². The van der Waals surface area contributed by atoms with Crippen LogP contribution in [0.25, 0.3) is 11.1 Å². The quantitative estimate of drug-likeness (QED) is 0.388. The predicted molar refractivity (Wildman–Crippen MR) is 111 cm³/mol. The normalized spacial score (nSPS) is 15.6. The van der Waals surface area contributed by atoms with Crippen molar-refractivity contribution in [3.8, 4) is 17.0 Å². The third-order valence-electron chi connectivity index (χ3n) is 5.17.